The fourth-order valence-corrected chi connectivity index (χ4v) is 4.64. The zero-order valence-corrected chi connectivity index (χ0v) is 13.6. The van der Waals surface area contributed by atoms with Crippen molar-refractivity contribution in [1.29, 1.82) is 0 Å². The third kappa shape index (κ3) is 2.94. The van der Waals surface area contributed by atoms with Crippen molar-refractivity contribution in [3.05, 3.63) is 77.4 Å². The van der Waals surface area contributed by atoms with Crippen molar-refractivity contribution in [3.63, 3.8) is 0 Å². The van der Waals surface area contributed by atoms with E-state index in [9.17, 15) is 0 Å². The molecule has 1 aliphatic rings. The molecule has 1 heterocycles. The molecule has 0 nitrogen and oxygen atoms in total. The summed E-state index contributed by atoms with van der Waals surface area (Å²) in [6.07, 6.45) is 3.13. The SMILES string of the molecule is C=CCC1c2ccc(C)cc2SCC1c1ccc(C)cc1. The summed E-state index contributed by atoms with van der Waals surface area (Å²) in [5, 5.41) is 0. The van der Waals surface area contributed by atoms with Gasteiger partial charge in [0, 0.05) is 16.6 Å². The smallest absolute Gasteiger partial charge is 0.0110 e. The Bertz CT molecular complexity index is 639. The van der Waals surface area contributed by atoms with Gasteiger partial charge in [-0.15, -0.1) is 18.3 Å². The summed E-state index contributed by atoms with van der Waals surface area (Å²) in [6, 6.07) is 16.0. The first-order chi connectivity index (χ1) is 10.2. The summed E-state index contributed by atoms with van der Waals surface area (Å²) in [5.74, 6) is 2.31. The molecule has 0 aliphatic carbocycles. The second-order valence-corrected chi connectivity index (χ2v) is 7.06. The van der Waals surface area contributed by atoms with Crippen LogP contribution in [0.5, 0.6) is 0 Å². The highest BCUT2D eigenvalue weighted by molar-refractivity contribution is 7.99. The molecule has 2 aromatic carbocycles. The molecular formula is C20H22S. The van der Waals surface area contributed by atoms with Gasteiger partial charge in [0.2, 0.25) is 0 Å². The van der Waals surface area contributed by atoms with Crippen molar-refractivity contribution in [2.45, 2.75) is 37.0 Å². The van der Waals surface area contributed by atoms with Gasteiger partial charge < -0.3 is 0 Å². The van der Waals surface area contributed by atoms with E-state index >= 15 is 0 Å². The zero-order chi connectivity index (χ0) is 14.8. The van der Waals surface area contributed by atoms with Gasteiger partial charge >= 0.3 is 0 Å². The summed E-state index contributed by atoms with van der Waals surface area (Å²) in [7, 11) is 0. The third-order valence-corrected chi connectivity index (χ3v) is 5.59. The van der Waals surface area contributed by atoms with Gasteiger partial charge in [-0.25, -0.2) is 0 Å². The molecule has 2 aromatic rings. The lowest BCUT2D eigenvalue weighted by Gasteiger charge is -2.33. The summed E-state index contributed by atoms with van der Waals surface area (Å²) in [5.41, 5.74) is 5.65. The van der Waals surface area contributed by atoms with Crippen LogP contribution >= 0.6 is 11.8 Å². The van der Waals surface area contributed by atoms with Gasteiger partial charge in [-0.3, -0.25) is 0 Å². The van der Waals surface area contributed by atoms with E-state index in [2.05, 4.69) is 69.0 Å². The lowest BCUT2D eigenvalue weighted by atomic mass is 9.79. The molecule has 1 aliphatic heterocycles. The van der Waals surface area contributed by atoms with E-state index in [0.29, 0.717) is 11.8 Å². The topological polar surface area (TPSA) is 0 Å². The first-order valence-electron chi connectivity index (χ1n) is 7.60. The van der Waals surface area contributed by atoms with Crippen molar-refractivity contribution in [1.82, 2.24) is 0 Å². The standard InChI is InChI=1S/C20H22S/c1-4-5-17-18-11-8-15(3)12-20(18)21-13-19(17)16-9-6-14(2)7-10-16/h4,6-12,17,19H,1,5,13H2,2-3H3. The van der Waals surface area contributed by atoms with Crippen molar-refractivity contribution in [2.24, 2.45) is 0 Å². The van der Waals surface area contributed by atoms with Gasteiger partial charge in [0.25, 0.3) is 0 Å². The number of thioether (sulfide) groups is 1. The Hall–Kier alpha value is -1.47. The molecule has 2 unspecified atom stereocenters. The quantitative estimate of drug-likeness (QED) is 0.640. The minimum Gasteiger partial charge on any atom is -0.125 e. The number of benzene rings is 2. The molecule has 0 saturated heterocycles. The zero-order valence-electron chi connectivity index (χ0n) is 12.8. The Morgan fingerprint density at radius 2 is 1.81 bits per heavy atom. The minimum atomic E-state index is 0.557. The lowest BCUT2D eigenvalue weighted by Crippen LogP contribution is -2.18. The minimum absolute atomic E-state index is 0.557. The average molecular weight is 294 g/mol. The van der Waals surface area contributed by atoms with Crippen molar-refractivity contribution < 1.29 is 0 Å². The molecule has 108 valence electrons. The average Bonchev–Trinajstić information content (AvgIpc) is 2.48. The second-order valence-electron chi connectivity index (χ2n) is 6.00. The maximum Gasteiger partial charge on any atom is 0.0110 e. The van der Waals surface area contributed by atoms with Crippen molar-refractivity contribution in [2.75, 3.05) is 5.75 Å². The predicted molar refractivity (Wildman–Crippen MR) is 93.4 cm³/mol. The van der Waals surface area contributed by atoms with E-state index < -0.39 is 0 Å². The lowest BCUT2D eigenvalue weighted by molar-refractivity contribution is 0.571. The number of rotatable bonds is 3. The van der Waals surface area contributed by atoms with Crippen LogP contribution in [0, 0.1) is 13.8 Å². The molecule has 0 amide bonds. The van der Waals surface area contributed by atoms with Crippen molar-refractivity contribution in [3.8, 4) is 0 Å². The van der Waals surface area contributed by atoms with Crippen LogP contribution in [0.4, 0.5) is 0 Å². The molecule has 0 spiro atoms. The van der Waals surface area contributed by atoms with Crippen LogP contribution in [-0.2, 0) is 0 Å². The molecule has 0 radical (unpaired) electrons. The van der Waals surface area contributed by atoms with Crippen molar-refractivity contribution >= 4 is 11.8 Å². The number of fused-ring (bicyclic) bond motifs is 1. The molecule has 0 aromatic heterocycles. The summed E-state index contributed by atoms with van der Waals surface area (Å²) in [6.45, 7) is 8.31. The largest absolute Gasteiger partial charge is 0.125 e. The number of hydrogen-bond acceptors (Lipinski definition) is 1. The molecule has 1 heteroatoms. The maximum absolute atomic E-state index is 3.98. The fraction of sp³-hybridized carbons (Fsp3) is 0.300. The van der Waals surface area contributed by atoms with Gasteiger partial charge in [-0.05, 0) is 43.4 Å². The number of aryl methyl sites for hydroxylation is 2. The monoisotopic (exact) mass is 294 g/mol. The van der Waals surface area contributed by atoms with E-state index in [1.54, 1.807) is 0 Å². The van der Waals surface area contributed by atoms with Gasteiger partial charge in [0.1, 0.15) is 0 Å². The first kappa shape index (κ1) is 14.5. The van der Waals surface area contributed by atoms with E-state index in [0.717, 1.165) is 12.2 Å². The highest BCUT2D eigenvalue weighted by Crippen LogP contribution is 2.47. The van der Waals surface area contributed by atoms with Crippen LogP contribution in [-0.4, -0.2) is 5.75 Å². The molecule has 0 fully saturated rings. The Morgan fingerprint density at radius 3 is 2.52 bits per heavy atom. The molecular weight excluding hydrogens is 272 g/mol. The first-order valence-corrected chi connectivity index (χ1v) is 8.58. The van der Waals surface area contributed by atoms with Crippen LogP contribution in [0.1, 0.15) is 40.5 Å². The Labute approximate surface area is 132 Å². The molecule has 0 N–H and O–H groups in total. The highest BCUT2D eigenvalue weighted by Gasteiger charge is 2.30. The van der Waals surface area contributed by atoms with E-state index in [1.807, 2.05) is 11.8 Å². The number of hydrogen-bond donors (Lipinski definition) is 0. The summed E-state index contributed by atoms with van der Waals surface area (Å²) >= 11 is 2.01. The van der Waals surface area contributed by atoms with E-state index in [4.69, 9.17) is 0 Å². The molecule has 0 saturated carbocycles. The Kier molecular flexibility index (Phi) is 4.21. The fourth-order valence-electron chi connectivity index (χ4n) is 3.20. The Balaban J connectivity index is 2.00. The van der Waals surface area contributed by atoms with Crippen LogP contribution < -0.4 is 0 Å². The van der Waals surface area contributed by atoms with E-state index in [1.165, 1.54) is 27.1 Å². The van der Waals surface area contributed by atoms with Crippen LogP contribution in [0.2, 0.25) is 0 Å². The Morgan fingerprint density at radius 1 is 1.10 bits per heavy atom. The third-order valence-electron chi connectivity index (χ3n) is 4.40. The predicted octanol–water partition coefficient (Wildman–Crippen LogP) is 5.85. The van der Waals surface area contributed by atoms with Gasteiger partial charge in [0.15, 0.2) is 0 Å². The normalized spacial score (nSPS) is 20.9. The van der Waals surface area contributed by atoms with Gasteiger partial charge in [0.05, 0.1) is 0 Å². The molecule has 0 bridgehead atoms. The van der Waals surface area contributed by atoms with Gasteiger partial charge in [-0.2, -0.15) is 0 Å². The van der Waals surface area contributed by atoms with Crippen LogP contribution in [0.15, 0.2) is 60.0 Å². The summed E-state index contributed by atoms with van der Waals surface area (Å²) in [4.78, 5) is 1.46. The van der Waals surface area contributed by atoms with Crippen LogP contribution in [0.3, 0.4) is 0 Å². The summed E-state index contributed by atoms with van der Waals surface area (Å²) < 4.78 is 0. The van der Waals surface area contributed by atoms with Gasteiger partial charge in [-0.1, -0.05) is 53.6 Å². The maximum atomic E-state index is 3.98. The highest BCUT2D eigenvalue weighted by atomic mass is 32.2. The van der Waals surface area contributed by atoms with E-state index in [-0.39, 0.29) is 0 Å². The number of allylic oxidation sites excluding steroid dienone is 1. The van der Waals surface area contributed by atoms with Crippen LogP contribution in [0.25, 0.3) is 0 Å². The molecule has 2 atom stereocenters. The second kappa shape index (κ2) is 6.11. The molecule has 21 heavy (non-hydrogen) atoms. The molecule has 3 rings (SSSR count).